The van der Waals surface area contributed by atoms with E-state index in [4.69, 9.17) is 5.73 Å². The van der Waals surface area contributed by atoms with Crippen molar-refractivity contribution >= 4 is 11.3 Å². The molecule has 17 heavy (non-hydrogen) atoms. The molecule has 0 aliphatic heterocycles. The fourth-order valence-corrected chi connectivity index (χ4v) is 1.96. The Morgan fingerprint density at radius 1 is 1.18 bits per heavy atom. The summed E-state index contributed by atoms with van der Waals surface area (Å²) in [7, 11) is 0. The number of nitrogens with zero attached hydrogens (tertiary/aromatic N) is 2. The first-order valence-electron chi connectivity index (χ1n) is 5.17. The third-order valence-electron chi connectivity index (χ3n) is 1.83. The van der Waals surface area contributed by atoms with Crippen LogP contribution < -0.4 is 5.73 Å². The summed E-state index contributed by atoms with van der Waals surface area (Å²) in [5, 5.41) is 9.34. The summed E-state index contributed by atoms with van der Waals surface area (Å²) < 4.78 is 39.8. The second-order valence-electron chi connectivity index (χ2n) is 3.40. The highest BCUT2D eigenvalue weighted by Gasteiger charge is 2.27. The van der Waals surface area contributed by atoms with Crippen LogP contribution in [0.2, 0.25) is 0 Å². The number of rotatable bonds is 7. The minimum atomic E-state index is -4.27. The molecule has 0 radical (unpaired) electrons. The molecule has 0 saturated heterocycles. The summed E-state index contributed by atoms with van der Waals surface area (Å²) in [6, 6.07) is 0. The SMILES string of the molecule is NCCCc1nnc(CCOCC(F)(F)F)s1. The van der Waals surface area contributed by atoms with Gasteiger partial charge in [0, 0.05) is 12.8 Å². The second kappa shape index (κ2) is 6.87. The van der Waals surface area contributed by atoms with Crippen molar-refractivity contribution in [3.8, 4) is 0 Å². The van der Waals surface area contributed by atoms with Gasteiger partial charge in [-0.15, -0.1) is 21.5 Å². The smallest absolute Gasteiger partial charge is 0.372 e. The van der Waals surface area contributed by atoms with Crippen molar-refractivity contribution in [3.05, 3.63) is 10.0 Å². The fraction of sp³-hybridized carbons (Fsp3) is 0.778. The van der Waals surface area contributed by atoms with E-state index in [0.29, 0.717) is 18.0 Å². The van der Waals surface area contributed by atoms with Crippen LogP contribution in [-0.2, 0) is 17.6 Å². The Kier molecular flexibility index (Phi) is 5.79. The summed E-state index contributed by atoms with van der Waals surface area (Å²) >= 11 is 1.39. The van der Waals surface area contributed by atoms with Crippen LogP contribution in [0.3, 0.4) is 0 Å². The number of ether oxygens (including phenoxy) is 1. The third kappa shape index (κ3) is 6.54. The topological polar surface area (TPSA) is 61.0 Å². The maximum atomic E-state index is 11.8. The van der Waals surface area contributed by atoms with Gasteiger partial charge in [-0.1, -0.05) is 0 Å². The first-order valence-corrected chi connectivity index (χ1v) is 5.99. The van der Waals surface area contributed by atoms with E-state index < -0.39 is 12.8 Å². The van der Waals surface area contributed by atoms with Crippen LogP contribution in [0.25, 0.3) is 0 Å². The Labute approximate surface area is 101 Å². The van der Waals surface area contributed by atoms with Crippen LogP contribution in [0.15, 0.2) is 0 Å². The zero-order chi connectivity index (χ0) is 12.7. The average Bonchev–Trinajstić information content (AvgIpc) is 2.68. The predicted molar refractivity (Wildman–Crippen MR) is 57.9 cm³/mol. The van der Waals surface area contributed by atoms with Gasteiger partial charge in [-0.3, -0.25) is 0 Å². The summed E-state index contributed by atoms with van der Waals surface area (Å²) in [6.45, 7) is -0.625. The van der Waals surface area contributed by atoms with E-state index in [1.807, 2.05) is 0 Å². The van der Waals surface area contributed by atoms with Gasteiger partial charge in [0.05, 0.1) is 6.61 Å². The van der Waals surface area contributed by atoms with Crippen LogP contribution in [-0.4, -0.2) is 36.1 Å². The second-order valence-corrected chi connectivity index (χ2v) is 4.55. The summed E-state index contributed by atoms with van der Waals surface area (Å²) in [6.07, 6.45) is -2.32. The van der Waals surface area contributed by atoms with Gasteiger partial charge in [0.25, 0.3) is 0 Å². The van der Waals surface area contributed by atoms with Crippen molar-refractivity contribution in [2.24, 2.45) is 5.73 Å². The molecule has 1 rings (SSSR count). The lowest BCUT2D eigenvalue weighted by Gasteiger charge is -2.05. The van der Waals surface area contributed by atoms with Crippen LogP contribution in [0.5, 0.6) is 0 Å². The largest absolute Gasteiger partial charge is 0.411 e. The Morgan fingerprint density at radius 2 is 1.82 bits per heavy atom. The highest BCUT2D eigenvalue weighted by molar-refractivity contribution is 7.11. The molecule has 0 saturated carbocycles. The van der Waals surface area contributed by atoms with E-state index in [9.17, 15) is 13.2 Å². The van der Waals surface area contributed by atoms with Crippen molar-refractivity contribution in [2.45, 2.75) is 25.4 Å². The van der Waals surface area contributed by atoms with Gasteiger partial charge in [-0.25, -0.2) is 0 Å². The van der Waals surface area contributed by atoms with Crippen LogP contribution in [0.1, 0.15) is 16.4 Å². The lowest BCUT2D eigenvalue weighted by atomic mass is 10.3. The number of hydrogen-bond donors (Lipinski definition) is 1. The van der Waals surface area contributed by atoms with E-state index >= 15 is 0 Å². The summed E-state index contributed by atoms with van der Waals surface area (Å²) in [5.74, 6) is 0. The molecule has 0 aromatic carbocycles. The molecular weight excluding hydrogens is 255 g/mol. The van der Waals surface area contributed by atoms with Gasteiger partial charge in [-0.2, -0.15) is 13.2 Å². The normalized spacial score (nSPS) is 12.0. The van der Waals surface area contributed by atoms with Crippen molar-refractivity contribution in [2.75, 3.05) is 19.8 Å². The highest BCUT2D eigenvalue weighted by Crippen LogP contribution is 2.15. The lowest BCUT2D eigenvalue weighted by Crippen LogP contribution is -2.17. The summed E-state index contributed by atoms with van der Waals surface area (Å²) in [4.78, 5) is 0. The fourth-order valence-electron chi connectivity index (χ4n) is 1.09. The van der Waals surface area contributed by atoms with Crippen molar-refractivity contribution < 1.29 is 17.9 Å². The van der Waals surface area contributed by atoms with E-state index in [2.05, 4.69) is 14.9 Å². The molecular formula is C9H14F3N3OS. The van der Waals surface area contributed by atoms with Gasteiger partial charge in [0.15, 0.2) is 0 Å². The minimum absolute atomic E-state index is 0.00499. The minimum Gasteiger partial charge on any atom is -0.372 e. The number of aromatic nitrogens is 2. The molecule has 0 aliphatic rings. The zero-order valence-corrected chi connectivity index (χ0v) is 9.98. The van der Waals surface area contributed by atoms with Gasteiger partial charge >= 0.3 is 6.18 Å². The van der Waals surface area contributed by atoms with Crippen LogP contribution in [0, 0.1) is 0 Å². The Morgan fingerprint density at radius 3 is 2.41 bits per heavy atom. The maximum absolute atomic E-state index is 11.8. The molecule has 98 valence electrons. The van der Waals surface area contributed by atoms with E-state index in [-0.39, 0.29) is 6.61 Å². The molecule has 0 bridgehead atoms. The van der Waals surface area contributed by atoms with Gasteiger partial charge in [0.1, 0.15) is 16.6 Å². The molecule has 2 N–H and O–H groups in total. The van der Waals surface area contributed by atoms with Gasteiger partial charge < -0.3 is 10.5 Å². The first-order chi connectivity index (χ1) is 8.01. The highest BCUT2D eigenvalue weighted by atomic mass is 32.1. The molecule has 8 heteroatoms. The first kappa shape index (κ1) is 14.3. The molecule has 1 heterocycles. The predicted octanol–water partition coefficient (Wildman–Crippen LogP) is 1.55. The molecule has 0 aliphatic carbocycles. The lowest BCUT2D eigenvalue weighted by molar-refractivity contribution is -0.173. The molecule has 0 fully saturated rings. The molecule has 4 nitrogen and oxygen atoms in total. The summed E-state index contributed by atoms with van der Waals surface area (Å²) in [5.41, 5.74) is 5.35. The molecule has 0 amide bonds. The standard InChI is InChI=1S/C9H14F3N3OS/c10-9(11,12)6-16-5-3-8-15-14-7(17-8)2-1-4-13/h1-6,13H2. The quantitative estimate of drug-likeness (QED) is 0.763. The number of halogens is 3. The molecule has 0 spiro atoms. The van der Waals surface area contributed by atoms with Crippen molar-refractivity contribution in [3.63, 3.8) is 0 Å². The maximum Gasteiger partial charge on any atom is 0.411 e. The monoisotopic (exact) mass is 269 g/mol. The Bertz CT molecular complexity index is 330. The van der Waals surface area contributed by atoms with E-state index in [1.54, 1.807) is 0 Å². The van der Waals surface area contributed by atoms with E-state index in [1.165, 1.54) is 11.3 Å². The van der Waals surface area contributed by atoms with E-state index in [0.717, 1.165) is 17.8 Å². The molecule has 1 aromatic rings. The Hall–Kier alpha value is -0.730. The molecule has 0 unspecified atom stereocenters. The van der Waals surface area contributed by atoms with Gasteiger partial charge in [0.2, 0.25) is 0 Å². The van der Waals surface area contributed by atoms with Crippen molar-refractivity contribution in [1.29, 1.82) is 0 Å². The number of aryl methyl sites for hydroxylation is 1. The van der Waals surface area contributed by atoms with Crippen molar-refractivity contribution in [1.82, 2.24) is 10.2 Å². The molecule has 0 atom stereocenters. The number of alkyl halides is 3. The van der Waals surface area contributed by atoms with Gasteiger partial charge in [-0.05, 0) is 13.0 Å². The molecule has 1 aromatic heterocycles. The zero-order valence-electron chi connectivity index (χ0n) is 9.16. The third-order valence-corrected chi connectivity index (χ3v) is 2.87. The Balaban J connectivity index is 2.21. The average molecular weight is 269 g/mol. The number of nitrogens with two attached hydrogens (primary N) is 1. The number of hydrogen-bond acceptors (Lipinski definition) is 5. The van der Waals surface area contributed by atoms with Crippen LogP contribution >= 0.6 is 11.3 Å². The van der Waals surface area contributed by atoms with Crippen LogP contribution in [0.4, 0.5) is 13.2 Å².